The molecule has 2 aromatic carbocycles. The van der Waals surface area contributed by atoms with E-state index in [4.69, 9.17) is 0 Å². The first-order chi connectivity index (χ1) is 16.1. The Kier molecular flexibility index (Phi) is 5.99. The van der Waals surface area contributed by atoms with E-state index in [1.165, 1.54) is 29.1 Å². The summed E-state index contributed by atoms with van der Waals surface area (Å²) in [5.74, 6) is -0.210. The molecule has 4 aromatic rings. The summed E-state index contributed by atoms with van der Waals surface area (Å²) >= 11 is 0. The van der Waals surface area contributed by atoms with Crippen LogP contribution < -0.4 is 10.9 Å². The highest BCUT2D eigenvalue weighted by molar-refractivity contribution is 5.94. The van der Waals surface area contributed by atoms with E-state index in [-0.39, 0.29) is 39.5 Å². The summed E-state index contributed by atoms with van der Waals surface area (Å²) in [6.07, 6.45) is -2.14. The van der Waals surface area contributed by atoms with Gasteiger partial charge in [-0.15, -0.1) is 0 Å². The molecule has 2 aromatic heterocycles. The number of carbonyl (C=O) groups is 1. The van der Waals surface area contributed by atoms with E-state index in [1.807, 2.05) is 31.9 Å². The van der Waals surface area contributed by atoms with E-state index in [1.54, 1.807) is 18.2 Å². The third kappa shape index (κ3) is 4.43. The number of nitrogens with zero attached hydrogens (tertiary/aromatic N) is 3. The van der Waals surface area contributed by atoms with E-state index in [0.717, 1.165) is 11.8 Å². The lowest BCUT2D eigenvalue weighted by molar-refractivity contribution is -0.140. The van der Waals surface area contributed by atoms with Gasteiger partial charge < -0.3 is 5.32 Å². The van der Waals surface area contributed by atoms with Crippen molar-refractivity contribution < 1.29 is 18.0 Å². The highest BCUT2D eigenvalue weighted by Crippen LogP contribution is 2.35. The standard InChI is InChI=1S/C24H22F3N5O2/c1-13(2)30-22(33)17-6-4-5-15(9-17)14(3)32-12-28-20-10-16(7-8-18(20)23(32)34)19-11-29-31-21(19)24(25,26)27/h4-14H,1-3H3,(H,29,31)(H,30,33)/t14-/m1/s1. The first-order valence-corrected chi connectivity index (χ1v) is 10.6. The van der Waals surface area contributed by atoms with Gasteiger partial charge in [-0.05, 0) is 56.2 Å². The fourth-order valence-electron chi connectivity index (χ4n) is 3.75. The highest BCUT2D eigenvalue weighted by Gasteiger charge is 2.36. The first-order valence-electron chi connectivity index (χ1n) is 10.6. The number of halogens is 3. The first kappa shape index (κ1) is 23.2. The average molecular weight is 469 g/mol. The summed E-state index contributed by atoms with van der Waals surface area (Å²) in [4.78, 5) is 29.9. The second-order valence-corrected chi connectivity index (χ2v) is 8.27. The predicted octanol–water partition coefficient (Wildman–Crippen LogP) is 4.55. The van der Waals surface area contributed by atoms with Crippen molar-refractivity contribution in [2.45, 2.75) is 39.0 Å². The van der Waals surface area contributed by atoms with Crippen LogP contribution in [0.3, 0.4) is 0 Å². The van der Waals surface area contributed by atoms with Crippen LogP contribution in [0.2, 0.25) is 0 Å². The molecule has 2 heterocycles. The zero-order valence-electron chi connectivity index (χ0n) is 18.6. The molecule has 1 atom stereocenters. The van der Waals surface area contributed by atoms with Gasteiger partial charge >= 0.3 is 6.18 Å². The van der Waals surface area contributed by atoms with Gasteiger partial charge in [0.1, 0.15) is 5.69 Å². The quantitative estimate of drug-likeness (QED) is 0.449. The van der Waals surface area contributed by atoms with Crippen molar-refractivity contribution in [3.05, 3.63) is 82.2 Å². The largest absolute Gasteiger partial charge is 0.433 e. The van der Waals surface area contributed by atoms with Gasteiger partial charge in [0.2, 0.25) is 0 Å². The molecule has 176 valence electrons. The summed E-state index contributed by atoms with van der Waals surface area (Å²) in [5, 5.41) is 8.59. The molecule has 0 aliphatic carbocycles. The number of fused-ring (bicyclic) bond motifs is 1. The average Bonchev–Trinajstić information content (AvgIpc) is 3.29. The minimum absolute atomic E-state index is 0.0139. The van der Waals surface area contributed by atoms with Crippen LogP contribution in [0.4, 0.5) is 13.2 Å². The van der Waals surface area contributed by atoms with E-state index < -0.39 is 17.9 Å². The Balaban J connectivity index is 1.70. The van der Waals surface area contributed by atoms with Gasteiger partial charge in [-0.1, -0.05) is 18.2 Å². The van der Waals surface area contributed by atoms with Crippen molar-refractivity contribution in [1.29, 1.82) is 0 Å². The number of alkyl halides is 3. The number of benzene rings is 2. The number of carbonyl (C=O) groups excluding carboxylic acids is 1. The lowest BCUT2D eigenvalue weighted by Gasteiger charge is -2.17. The number of aromatic nitrogens is 4. The van der Waals surface area contributed by atoms with Gasteiger partial charge in [0.25, 0.3) is 11.5 Å². The van der Waals surface area contributed by atoms with Gasteiger partial charge in [-0.25, -0.2) is 4.98 Å². The molecule has 0 spiro atoms. The second-order valence-electron chi connectivity index (χ2n) is 8.27. The molecule has 0 radical (unpaired) electrons. The summed E-state index contributed by atoms with van der Waals surface area (Å²) in [7, 11) is 0. The third-order valence-electron chi connectivity index (χ3n) is 5.49. The van der Waals surface area contributed by atoms with Crippen LogP contribution in [-0.2, 0) is 6.18 Å². The molecule has 0 saturated carbocycles. The zero-order chi connectivity index (χ0) is 24.6. The number of H-pyrrole nitrogens is 1. The van der Waals surface area contributed by atoms with Crippen molar-refractivity contribution in [3.8, 4) is 11.1 Å². The topological polar surface area (TPSA) is 92.7 Å². The maximum atomic E-state index is 13.2. The fourth-order valence-corrected chi connectivity index (χ4v) is 3.75. The third-order valence-corrected chi connectivity index (χ3v) is 5.49. The van der Waals surface area contributed by atoms with Gasteiger partial charge in [0.15, 0.2) is 0 Å². The molecule has 0 aliphatic heterocycles. The smallest absolute Gasteiger partial charge is 0.350 e. The van der Waals surface area contributed by atoms with Gasteiger partial charge in [0.05, 0.1) is 29.5 Å². The Morgan fingerprint density at radius 2 is 1.88 bits per heavy atom. The molecule has 0 fully saturated rings. The van der Waals surface area contributed by atoms with Crippen LogP contribution in [0.1, 0.15) is 48.4 Å². The lowest BCUT2D eigenvalue weighted by atomic mass is 10.0. The lowest BCUT2D eigenvalue weighted by Crippen LogP contribution is -2.30. The van der Waals surface area contributed by atoms with Crippen LogP contribution >= 0.6 is 0 Å². The molecular formula is C24H22F3N5O2. The number of aromatic amines is 1. The molecule has 0 unspecified atom stereocenters. The summed E-state index contributed by atoms with van der Waals surface area (Å²) in [5.41, 5.74) is 0.305. The van der Waals surface area contributed by atoms with E-state index >= 15 is 0 Å². The molecule has 34 heavy (non-hydrogen) atoms. The molecule has 0 saturated heterocycles. The number of amides is 1. The molecule has 7 nitrogen and oxygen atoms in total. The molecule has 0 aliphatic rings. The van der Waals surface area contributed by atoms with Crippen molar-refractivity contribution >= 4 is 16.8 Å². The number of rotatable bonds is 5. The molecule has 1 amide bonds. The van der Waals surface area contributed by atoms with Crippen LogP contribution in [0.15, 0.2) is 59.8 Å². The Morgan fingerprint density at radius 3 is 2.59 bits per heavy atom. The fraction of sp³-hybridized carbons (Fsp3) is 0.250. The van der Waals surface area contributed by atoms with Gasteiger partial charge in [-0.2, -0.15) is 18.3 Å². The van der Waals surface area contributed by atoms with Crippen molar-refractivity contribution in [2.75, 3.05) is 0 Å². The Bertz CT molecular complexity index is 1420. The molecular weight excluding hydrogens is 447 g/mol. The van der Waals surface area contributed by atoms with Crippen molar-refractivity contribution in [2.24, 2.45) is 0 Å². The van der Waals surface area contributed by atoms with Gasteiger partial charge in [0, 0.05) is 17.2 Å². The Morgan fingerprint density at radius 1 is 1.12 bits per heavy atom. The van der Waals surface area contributed by atoms with Crippen molar-refractivity contribution in [3.63, 3.8) is 0 Å². The molecule has 10 heteroatoms. The number of nitrogens with one attached hydrogen (secondary N) is 2. The predicted molar refractivity (Wildman–Crippen MR) is 121 cm³/mol. The normalized spacial score (nSPS) is 12.8. The number of hydrogen-bond donors (Lipinski definition) is 2. The highest BCUT2D eigenvalue weighted by atomic mass is 19.4. The van der Waals surface area contributed by atoms with Crippen molar-refractivity contribution in [1.82, 2.24) is 25.1 Å². The number of hydrogen-bond acceptors (Lipinski definition) is 4. The minimum Gasteiger partial charge on any atom is -0.350 e. The second kappa shape index (κ2) is 8.77. The Hall–Kier alpha value is -3.95. The summed E-state index contributed by atoms with van der Waals surface area (Å²) in [6.45, 7) is 5.54. The van der Waals surface area contributed by atoms with Crippen LogP contribution in [-0.4, -0.2) is 31.7 Å². The monoisotopic (exact) mass is 469 g/mol. The molecule has 0 bridgehead atoms. The van der Waals surface area contributed by atoms with Crippen LogP contribution in [0, 0.1) is 0 Å². The van der Waals surface area contributed by atoms with Crippen LogP contribution in [0.25, 0.3) is 22.0 Å². The van der Waals surface area contributed by atoms with E-state index in [9.17, 15) is 22.8 Å². The Labute approximate surface area is 192 Å². The molecule has 4 rings (SSSR count). The summed E-state index contributed by atoms with van der Waals surface area (Å²) in [6, 6.07) is 10.9. The minimum atomic E-state index is -4.59. The molecule has 2 N–H and O–H groups in total. The zero-order valence-corrected chi connectivity index (χ0v) is 18.6. The maximum Gasteiger partial charge on any atom is 0.433 e. The maximum absolute atomic E-state index is 13.2. The van der Waals surface area contributed by atoms with Gasteiger partial charge in [-0.3, -0.25) is 19.3 Å². The van der Waals surface area contributed by atoms with Crippen LogP contribution in [0.5, 0.6) is 0 Å². The SMILES string of the molecule is CC(C)NC(=O)c1cccc([C@@H](C)n2cnc3cc(-c4cn[nH]c4C(F)(F)F)ccc3c2=O)c1. The summed E-state index contributed by atoms with van der Waals surface area (Å²) < 4.78 is 41.1. The van der Waals surface area contributed by atoms with E-state index in [0.29, 0.717) is 5.56 Å². The van der Waals surface area contributed by atoms with E-state index in [2.05, 4.69) is 15.4 Å².